The Balaban J connectivity index is 1.57. The lowest BCUT2D eigenvalue weighted by molar-refractivity contribution is -0.119. The molecule has 3 rings (SSSR count). The Hall–Kier alpha value is -1.85. The fourth-order valence-electron chi connectivity index (χ4n) is 3.39. The number of amides is 1. The van der Waals surface area contributed by atoms with Gasteiger partial charge in [-0.3, -0.25) is 9.69 Å². The molecular weight excluding hydrogens is 302 g/mol. The third-order valence-electron chi connectivity index (χ3n) is 4.65. The van der Waals surface area contributed by atoms with Crippen LogP contribution in [0.1, 0.15) is 25.8 Å². The standard InChI is InChI=1S/C19H27N3O2/c1-3-22-9-7-17-12-16(4-5-19(17)22)13-21-10-11-24-18(14-21)6-8-20-15(2)23/h4-5,7,9,12,18H,3,6,8,10-11,13-14H2,1-2H3,(H,20,23)/t18-/m1/s1. The summed E-state index contributed by atoms with van der Waals surface area (Å²) in [6, 6.07) is 8.94. The van der Waals surface area contributed by atoms with Crippen LogP contribution in [0.5, 0.6) is 0 Å². The SMILES string of the molecule is CCn1ccc2cc(CN3CCO[C@H](CCNC(C)=O)C3)ccc21. The largest absolute Gasteiger partial charge is 0.375 e. The Morgan fingerprint density at radius 2 is 2.25 bits per heavy atom. The van der Waals surface area contributed by atoms with Crippen molar-refractivity contribution in [1.29, 1.82) is 0 Å². The molecule has 24 heavy (non-hydrogen) atoms. The molecule has 1 atom stereocenters. The van der Waals surface area contributed by atoms with Crippen LogP contribution in [0.25, 0.3) is 10.9 Å². The summed E-state index contributed by atoms with van der Waals surface area (Å²) in [6.45, 7) is 9.01. The maximum absolute atomic E-state index is 11.0. The molecule has 1 aromatic heterocycles. The molecule has 0 unspecified atom stereocenters. The van der Waals surface area contributed by atoms with Gasteiger partial charge >= 0.3 is 0 Å². The van der Waals surface area contributed by atoms with Crippen LogP contribution in [0.4, 0.5) is 0 Å². The Morgan fingerprint density at radius 1 is 1.38 bits per heavy atom. The van der Waals surface area contributed by atoms with Gasteiger partial charge in [0.05, 0.1) is 12.7 Å². The first kappa shape index (κ1) is 17.0. The molecule has 0 radical (unpaired) electrons. The zero-order valence-electron chi connectivity index (χ0n) is 14.6. The van der Waals surface area contributed by atoms with Gasteiger partial charge in [-0.25, -0.2) is 0 Å². The summed E-state index contributed by atoms with van der Waals surface area (Å²) in [4.78, 5) is 13.4. The van der Waals surface area contributed by atoms with Gasteiger partial charge in [0.15, 0.2) is 0 Å². The van der Waals surface area contributed by atoms with E-state index >= 15 is 0 Å². The molecule has 1 aliphatic heterocycles. The highest BCUT2D eigenvalue weighted by Crippen LogP contribution is 2.20. The molecule has 0 aliphatic carbocycles. The first-order valence-electron chi connectivity index (χ1n) is 8.82. The number of morpholine rings is 1. The molecule has 1 N–H and O–H groups in total. The molecular formula is C19H27N3O2. The number of fused-ring (bicyclic) bond motifs is 1. The van der Waals surface area contributed by atoms with Crippen molar-refractivity contribution < 1.29 is 9.53 Å². The predicted molar refractivity (Wildman–Crippen MR) is 95.9 cm³/mol. The summed E-state index contributed by atoms with van der Waals surface area (Å²) in [7, 11) is 0. The molecule has 2 heterocycles. The van der Waals surface area contributed by atoms with Crippen LogP contribution in [0.2, 0.25) is 0 Å². The van der Waals surface area contributed by atoms with E-state index < -0.39 is 0 Å². The molecule has 5 heteroatoms. The number of ether oxygens (including phenoxy) is 1. The number of nitrogens with zero attached hydrogens (tertiary/aromatic N) is 2. The summed E-state index contributed by atoms with van der Waals surface area (Å²) in [6.07, 6.45) is 3.23. The maximum atomic E-state index is 11.0. The lowest BCUT2D eigenvalue weighted by Gasteiger charge is -2.33. The van der Waals surface area contributed by atoms with Crippen LogP contribution in [0, 0.1) is 0 Å². The van der Waals surface area contributed by atoms with Crippen LogP contribution in [0.3, 0.4) is 0 Å². The lowest BCUT2D eigenvalue weighted by Crippen LogP contribution is -2.43. The van der Waals surface area contributed by atoms with Crippen LogP contribution in [-0.2, 0) is 22.6 Å². The van der Waals surface area contributed by atoms with E-state index in [1.54, 1.807) is 6.92 Å². The monoisotopic (exact) mass is 329 g/mol. The third-order valence-corrected chi connectivity index (χ3v) is 4.65. The molecule has 2 aromatic rings. The van der Waals surface area contributed by atoms with Crippen molar-refractivity contribution in [1.82, 2.24) is 14.8 Å². The van der Waals surface area contributed by atoms with Gasteiger partial charge in [0.1, 0.15) is 0 Å². The number of rotatable bonds is 6. The average molecular weight is 329 g/mol. The summed E-state index contributed by atoms with van der Waals surface area (Å²) in [5, 5.41) is 4.16. The highest BCUT2D eigenvalue weighted by atomic mass is 16.5. The van der Waals surface area contributed by atoms with Gasteiger partial charge in [-0.05, 0) is 42.5 Å². The molecule has 1 aliphatic rings. The van der Waals surface area contributed by atoms with Gasteiger partial charge in [0, 0.05) is 51.4 Å². The van der Waals surface area contributed by atoms with Crippen molar-refractivity contribution in [3.63, 3.8) is 0 Å². The fraction of sp³-hybridized carbons (Fsp3) is 0.526. The summed E-state index contributed by atoms with van der Waals surface area (Å²) in [5.74, 6) is 0.0231. The maximum Gasteiger partial charge on any atom is 0.216 e. The molecule has 1 saturated heterocycles. The van der Waals surface area contributed by atoms with E-state index in [1.165, 1.54) is 16.5 Å². The lowest BCUT2D eigenvalue weighted by atomic mass is 10.1. The van der Waals surface area contributed by atoms with E-state index in [-0.39, 0.29) is 12.0 Å². The van der Waals surface area contributed by atoms with E-state index in [2.05, 4.69) is 52.2 Å². The van der Waals surface area contributed by atoms with Crippen molar-refractivity contribution in [3.8, 4) is 0 Å². The Bertz CT molecular complexity index is 695. The summed E-state index contributed by atoms with van der Waals surface area (Å²) in [5.41, 5.74) is 2.65. The number of aromatic nitrogens is 1. The Morgan fingerprint density at radius 3 is 3.04 bits per heavy atom. The van der Waals surface area contributed by atoms with Gasteiger partial charge in [0.25, 0.3) is 0 Å². The molecule has 0 saturated carbocycles. The normalized spacial score (nSPS) is 18.8. The van der Waals surface area contributed by atoms with Crippen molar-refractivity contribution in [2.75, 3.05) is 26.2 Å². The quantitative estimate of drug-likeness (QED) is 0.885. The number of aryl methyl sites for hydroxylation is 1. The van der Waals surface area contributed by atoms with Gasteiger partial charge in [0.2, 0.25) is 5.91 Å². The van der Waals surface area contributed by atoms with E-state index in [0.717, 1.165) is 39.2 Å². The van der Waals surface area contributed by atoms with E-state index in [4.69, 9.17) is 4.74 Å². The van der Waals surface area contributed by atoms with Crippen molar-refractivity contribution in [3.05, 3.63) is 36.0 Å². The first-order chi connectivity index (χ1) is 11.7. The van der Waals surface area contributed by atoms with E-state index in [1.807, 2.05) is 0 Å². The first-order valence-corrected chi connectivity index (χ1v) is 8.82. The van der Waals surface area contributed by atoms with Crippen LogP contribution in [-0.4, -0.2) is 47.7 Å². The number of hydrogen-bond acceptors (Lipinski definition) is 3. The fourth-order valence-corrected chi connectivity index (χ4v) is 3.39. The highest BCUT2D eigenvalue weighted by Gasteiger charge is 2.20. The minimum absolute atomic E-state index is 0.0231. The summed E-state index contributed by atoms with van der Waals surface area (Å²) < 4.78 is 8.09. The predicted octanol–water partition coefficient (Wildman–Crippen LogP) is 2.39. The molecule has 5 nitrogen and oxygen atoms in total. The van der Waals surface area contributed by atoms with Crippen LogP contribution in [0.15, 0.2) is 30.5 Å². The Labute approximate surface area is 143 Å². The molecule has 1 amide bonds. The number of hydrogen-bond donors (Lipinski definition) is 1. The molecule has 0 spiro atoms. The minimum Gasteiger partial charge on any atom is -0.375 e. The second-order valence-corrected chi connectivity index (χ2v) is 6.49. The molecule has 1 fully saturated rings. The minimum atomic E-state index is 0.0231. The third kappa shape index (κ3) is 4.16. The number of nitrogens with one attached hydrogen (secondary N) is 1. The second kappa shape index (κ2) is 7.81. The highest BCUT2D eigenvalue weighted by molar-refractivity contribution is 5.80. The van der Waals surface area contributed by atoms with E-state index in [9.17, 15) is 4.79 Å². The van der Waals surface area contributed by atoms with Gasteiger partial charge < -0.3 is 14.6 Å². The van der Waals surface area contributed by atoms with Gasteiger partial charge in [-0.15, -0.1) is 0 Å². The second-order valence-electron chi connectivity index (χ2n) is 6.49. The van der Waals surface area contributed by atoms with Gasteiger partial charge in [-0.1, -0.05) is 6.07 Å². The zero-order valence-corrected chi connectivity index (χ0v) is 14.6. The Kier molecular flexibility index (Phi) is 5.53. The van der Waals surface area contributed by atoms with Crippen molar-refractivity contribution >= 4 is 16.8 Å². The average Bonchev–Trinajstić information content (AvgIpc) is 2.97. The van der Waals surface area contributed by atoms with Crippen LogP contribution < -0.4 is 5.32 Å². The van der Waals surface area contributed by atoms with E-state index in [0.29, 0.717) is 6.54 Å². The molecule has 1 aromatic carbocycles. The van der Waals surface area contributed by atoms with Crippen LogP contribution >= 0.6 is 0 Å². The molecule has 0 bridgehead atoms. The smallest absolute Gasteiger partial charge is 0.216 e. The topological polar surface area (TPSA) is 46.5 Å². The van der Waals surface area contributed by atoms with Crippen molar-refractivity contribution in [2.45, 2.75) is 39.5 Å². The zero-order chi connectivity index (χ0) is 16.9. The summed E-state index contributed by atoms with van der Waals surface area (Å²) >= 11 is 0. The van der Waals surface area contributed by atoms with Crippen molar-refractivity contribution in [2.24, 2.45) is 0 Å². The number of carbonyl (C=O) groups is 1. The number of carbonyl (C=O) groups excluding carboxylic acids is 1. The van der Waals surface area contributed by atoms with Gasteiger partial charge in [-0.2, -0.15) is 0 Å². The molecule has 130 valence electrons. The number of benzene rings is 1.